The Kier molecular flexibility index (Phi) is 3.34. The SMILES string of the molecule is CCOC1CC(NCC#N)C1. The predicted molar refractivity (Wildman–Crippen MR) is 42.1 cm³/mol. The maximum absolute atomic E-state index is 8.26. The van der Waals surface area contributed by atoms with E-state index in [0.717, 1.165) is 19.4 Å². The molecule has 1 saturated carbocycles. The van der Waals surface area contributed by atoms with Crippen molar-refractivity contribution < 1.29 is 4.74 Å². The largest absolute Gasteiger partial charge is 0.378 e. The molecule has 0 radical (unpaired) electrons. The van der Waals surface area contributed by atoms with E-state index in [2.05, 4.69) is 11.4 Å². The minimum atomic E-state index is 0.441. The molecule has 0 saturated heterocycles. The summed E-state index contributed by atoms with van der Waals surface area (Å²) in [5.74, 6) is 0. The van der Waals surface area contributed by atoms with Crippen LogP contribution in [-0.2, 0) is 4.74 Å². The van der Waals surface area contributed by atoms with E-state index >= 15 is 0 Å². The summed E-state index contributed by atoms with van der Waals surface area (Å²) >= 11 is 0. The zero-order valence-electron chi connectivity index (χ0n) is 6.84. The smallest absolute Gasteiger partial charge is 0.0843 e. The Morgan fingerprint density at radius 2 is 2.36 bits per heavy atom. The van der Waals surface area contributed by atoms with Crippen molar-refractivity contribution >= 4 is 0 Å². The Hall–Kier alpha value is -0.590. The van der Waals surface area contributed by atoms with Gasteiger partial charge in [-0.05, 0) is 19.8 Å². The van der Waals surface area contributed by atoms with E-state index < -0.39 is 0 Å². The van der Waals surface area contributed by atoms with Gasteiger partial charge in [0.15, 0.2) is 0 Å². The van der Waals surface area contributed by atoms with Crippen molar-refractivity contribution in [2.75, 3.05) is 13.2 Å². The van der Waals surface area contributed by atoms with Gasteiger partial charge in [-0.25, -0.2) is 0 Å². The van der Waals surface area contributed by atoms with Gasteiger partial charge in [-0.15, -0.1) is 0 Å². The first-order valence-corrected chi connectivity index (χ1v) is 4.08. The van der Waals surface area contributed by atoms with E-state index in [-0.39, 0.29) is 0 Å². The van der Waals surface area contributed by atoms with Crippen LogP contribution in [0.2, 0.25) is 0 Å². The van der Waals surface area contributed by atoms with Gasteiger partial charge < -0.3 is 10.1 Å². The molecule has 3 nitrogen and oxygen atoms in total. The lowest BCUT2D eigenvalue weighted by molar-refractivity contribution is -0.00889. The predicted octanol–water partition coefficient (Wildman–Crippen LogP) is 0.667. The maximum Gasteiger partial charge on any atom is 0.0843 e. The molecule has 1 aliphatic carbocycles. The van der Waals surface area contributed by atoms with Crippen LogP contribution in [0.4, 0.5) is 0 Å². The van der Waals surface area contributed by atoms with Gasteiger partial charge in [-0.1, -0.05) is 0 Å². The van der Waals surface area contributed by atoms with Crippen LogP contribution < -0.4 is 5.32 Å². The van der Waals surface area contributed by atoms with Gasteiger partial charge in [0.25, 0.3) is 0 Å². The molecule has 1 fully saturated rings. The lowest BCUT2D eigenvalue weighted by Crippen LogP contribution is -2.45. The molecule has 0 aromatic heterocycles. The Labute approximate surface area is 67.3 Å². The lowest BCUT2D eigenvalue weighted by Gasteiger charge is -2.34. The molecule has 0 spiro atoms. The number of nitrogens with one attached hydrogen (secondary N) is 1. The summed E-state index contributed by atoms with van der Waals surface area (Å²) in [7, 11) is 0. The third-order valence-corrected chi connectivity index (χ3v) is 1.97. The van der Waals surface area contributed by atoms with Crippen molar-refractivity contribution in [3.05, 3.63) is 0 Å². The molecule has 3 heteroatoms. The maximum atomic E-state index is 8.26. The first-order valence-electron chi connectivity index (χ1n) is 4.08. The Bertz CT molecular complexity index is 147. The van der Waals surface area contributed by atoms with E-state index in [1.165, 1.54) is 0 Å². The van der Waals surface area contributed by atoms with Crippen LogP contribution >= 0.6 is 0 Å². The minimum absolute atomic E-state index is 0.441. The lowest BCUT2D eigenvalue weighted by atomic mass is 9.89. The number of hydrogen-bond acceptors (Lipinski definition) is 3. The summed E-state index contributed by atoms with van der Waals surface area (Å²) in [4.78, 5) is 0. The number of nitriles is 1. The quantitative estimate of drug-likeness (QED) is 0.605. The Morgan fingerprint density at radius 3 is 2.91 bits per heavy atom. The van der Waals surface area contributed by atoms with Gasteiger partial charge in [0.2, 0.25) is 0 Å². The van der Waals surface area contributed by atoms with Gasteiger partial charge in [-0.3, -0.25) is 0 Å². The topological polar surface area (TPSA) is 45.0 Å². The summed E-state index contributed by atoms with van der Waals surface area (Å²) in [6.07, 6.45) is 2.57. The number of rotatable bonds is 4. The van der Waals surface area contributed by atoms with Gasteiger partial charge in [0, 0.05) is 12.6 Å². The molecule has 1 N–H and O–H groups in total. The monoisotopic (exact) mass is 154 g/mol. The van der Waals surface area contributed by atoms with E-state index in [4.69, 9.17) is 10.00 Å². The molecule has 11 heavy (non-hydrogen) atoms. The molecule has 0 amide bonds. The third-order valence-electron chi connectivity index (χ3n) is 1.97. The van der Waals surface area contributed by atoms with Crippen molar-refractivity contribution in [1.82, 2.24) is 5.32 Å². The highest BCUT2D eigenvalue weighted by Crippen LogP contribution is 2.22. The fraction of sp³-hybridized carbons (Fsp3) is 0.875. The highest BCUT2D eigenvalue weighted by atomic mass is 16.5. The Balaban J connectivity index is 1.97. The van der Waals surface area contributed by atoms with Crippen molar-refractivity contribution in [3.8, 4) is 6.07 Å². The summed E-state index contributed by atoms with van der Waals surface area (Å²) in [5.41, 5.74) is 0. The van der Waals surface area contributed by atoms with E-state index in [9.17, 15) is 0 Å². The van der Waals surface area contributed by atoms with Crippen molar-refractivity contribution in [2.24, 2.45) is 0 Å². The van der Waals surface area contributed by atoms with Crippen LogP contribution in [0.1, 0.15) is 19.8 Å². The molecular formula is C8H14N2O. The second-order valence-electron chi connectivity index (χ2n) is 2.78. The van der Waals surface area contributed by atoms with Crippen LogP contribution in [-0.4, -0.2) is 25.3 Å². The number of hydrogen-bond donors (Lipinski definition) is 1. The molecule has 1 rings (SSSR count). The molecule has 0 heterocycles. The molecule has 0 aromatic carbocycles. The third kappa shape index (κ3) is 2.49. The van der Waals surface area contributed by atoms with Crippen LogP contribution in [0.3, 0.4) is 0 Å². The minimum Gasteiger partial charge on any atom is -0.378 e. The second-order valence-corrected chi connectivity index (χ2v) is 2.78. The zero-order chi connectivity index (χ0) is 8.10. The molecular weight excluding hydrogens is 140 g/mol. The average molecular weight is 154 g/mol. The molecule has 62 valence electrons. The normalized spacial score (nSPS) is 29.1. The van der Waals surface area contributed by atoms with Gasteiger partial charge in [-0.2, -0.15) is 5.26 Å². The van der Waals surface area contributed by atoms with Crippen LogP contribution in [0.15, 0.2) is 0 Å². The number of ether oxygens (including phenoxy) is 1. The molecule has 1 aliphatic rings. The van der Waals surface area contributed by atoms with Gasteiger partial charge >= 0.3 is 0 Å². The van der Waals surface area contributed by atoms with Crippen molar-refractivity contribution in [2.45, 2.75) is 31.9 Å². The summed E-state index contributed by atoms with van der Waals surface area (Å²) in [5, 5.41) is 11.4. The van der Waals surface area contributed by atoms with Gasteiger partial charge in [0.1, 0.15) is 0 Å². The first-order chi connectivity index (χ1) is 5.36. The van der Waals surface area contributed by atoms with E-state index in [1.807, 2.05) is 6.92 Å². The van der Waals surface area contributed by atoms with Crippen LogP contribution in [0, 0.1) is 11.3 Å². The molecule has 0 aliphatic heterocycles. The van der Waals surface area contributed by atoms with Crippen LogP contribution in [0.5, 0.6) is 0 Å². The molecule has 0 unspecified atom stereocenters. The zero-order valence-corrected chi connectivity index (χ0v) is 6.84. The van der Waals surface area contributed by atoms with Crippen molar-refractivity contribution in [3.63, 3.8) is 0 Å². The molecule has 0 atom stereocenters. The molecule has 0 aromatic rings. The van der Waals surface area contributed by atoms with Crippen LogP contribution in [0.25, 0.3) is 0 Å². The standard InChI is InChI=1S/C8H14N2O/c1-2-11-8-5-7(6-8)10-4-3-9/h7-8,10H,2,4-6H2,1H3. The Morgan fingerprint density at radius 1 is 1.64 bits per heavy atom. The highest BCUT2D eigenvalue weighted by Gasteiger charge is 2.28. The fourth-order valence-electron chi connectivity index (χ4n) is 1.29. The summed E-state index contributed by atoms with van der Waals surface area (Å²) < 4.78 is 5.37. The fourth-order valence-corrected chi connectivity index (χ4v) is 1.29. The molecule has 0 bridgehead atoms. The van der Waals surface area contributed by atoms with E-state index in [1.54, 1.807) is 0 Å². The number of nitrogens with zero attached hydrogens (tertiary/aromatic N) is 1. The average Bonchev–Trinajstić information content (AvgIpc) is 1.94. The van der Waals surface area contributed by atoms with Gasteiger partial charge in [0.05, 0.1) is 18.7 Å². The highest BCUT2D eigenvalue weighted by molar-refractivity contribution is 4.88. The first kappa shape index (κ1) is 8.51. The summed E-state index contributed by atoms with van der Waals surface area (Å²) in [6, 6.07) is 2.58. The summed E-state index contributed by atoms with van der Waals surface area (Å²) in [6.45, 7) is 3.27. The van der Waals surface area contributed by atoms with E-state index in [0.29, 0.717) is 18.7 Å². The second kappa shape index (κ2) is 4.32. The van der Waals surface area contributed by atoms with Crippen molar-refractivity contribution in [1.29, 1.82) is 5.26 Å².